The Morgan fingerprint density at radius 2 is 1.21 bits per heavy atom. The number of esters is 2. The van der Waals surface area contributed by atoms with Crippen molar-refractivity contribution in [3.05, 3.63) is 71.8 Å². The maximum Gasteiger partial charge on any atom is 0.320 e. The standard InChI is InChI=1S/C19H20O5/c20-12-11-17(18(21)23-13-15-7-3-1-4-8-15)19(22)24-14-16-9-5-2-6-10-16/h1-10,17,20H,11-14H2. The van der Waals surface area contributed by atoms with E-state index in [0.29, 0.717) is 0 Å². The molecule has 2 aromatic carbocycles. The first-order valence-electron chi connectivity index (χ1n) is 7.72. The molecule has 126 valence electrons. The van der Waals surface area contributed by atoms with Crippen molar-refractivity contribution in [2.45, 2.75) is 19.6 Å². The number of aliphatic hydroxyl groups excluding tert-OH is 1. The van der Waals surface area contributed by atoms with Gasteiger partial charge in [0, 0.05) is 6.61 Å². The lowest BCUT2D eigenvalue weighted by Gasteiger charge is -2.14. The van der Waals surface area contributed by atoms with Crippen LogP contribution < -0.4 is 0 Å². The molecule has 0 aliphatic carbocycles. The van der Waals surface area contributed by atoms with Crippen LogP contribution in [-0.4, -0.2) is 23.7 Å². The fourth-order valence-electron chi connectivity index (χ4n) is 2.12. The van der Waals surface area contributed by atoms with Gasteiger partial charge in [-0.3, -0.25) is 9.59 Å². The molecule has 0 saturated heterocycles. The molecule has 0 amide bonds. The molecule has 0 radical (unpaired) electrons. The summed E-state index contributed by atoms with van der Waals surface area (Å²) in [7, 11) is 0. The van der Waals surface area contributed by atoms with Gasteiger partial charge < -0.3 is 14.6 Å². The van der Waals surface area contributed by atoms with Crippen LogP contribution in [0.15, 0.2) is 60.7 Å². The maximum atomic E-state index is 12.1. The molecule has 0 unspecified atom stereocenters. The van der Waals surface area contributed by atoms with Crippen LogP contribution in [0.4, 0.5) is 0 Å². The fraction of sp³-hybridized carbons (Fsp3) is 0.263. The zero-order valence-corrected chi connectivity index (χ0v) is 13.3. The fourth-order valence-corrected chi connectivity index (χ4v) is 2.12. The van der Waals surface area contributed by atoms with Gasteiger partial charge in [-0.05, 0) is 17.5 Å². The van der Waals surface area contributed by atoms with Crippen LogP contribution in [0.25, 0.3) is 0 Å². The summed E-state index contributed by atoms with van der Waals surface area (Å²) in [5.41, 5.74) is 1.65. The summed E-state index contributed by atoms with van der Waals surface area (Å²) >= 11 is 0. The van der Waals surface area contributed by atoms with Crippen LogP contribution in [0, 0.1) is 5.92 Å². The molecule has 0 bridgehead atoms. The summed E-state index contributed by atoms with van der Waals surface area (Å²) in [5.74, 6) is -2.50. The molecule has 0 atom stereocenters. The van der Waals surface area contributed by atoms with E-state index in [1.54, 1.807) is 0 Å². The number of benzene rings is 2. The first kappa shape index (κ1) is 17.7. The highest BCUT2D eigenvalue weighted by Gasteiger charge is 2.29. The number of hydrogen-bond donors (Lipinski definition) is 1. The van der Waals surface area contributed by atoms with Crippen LogP contribution in [-0.2, 0) is 32.3 Å². The molecule has 2 rings (SSSR count). The highest BCUT2D eigenvalue weighted by atomic mass is 16.6. The second kappa shape index (κ2) is 9.47. The second-order valence-electron chi connectivity index (χ2n) is 5.25. The lowest BCUT2D eigenvalue weighted by atomic mass is 10.1. The Hall–Kier alpha value is -2.66. The molecule has 0 saturated carbocycles. The summed E-state index contributed by atoms with van der Waals surface area (Å²) in [6, 6.07) is 18.4. The van der Waals surface area contributed by atoms with Crippen molar-refractivity contribution in [3.63, 3.8) is 0 Å². The van der Waals surface area contributed by atoms with Crippen molar-refractivity contribution in [2.75, 3.05) is 6.61 Å². The summed E-state index contributed by atoms with van der Waals surface area (Å²) in [5, 5.41) is 9.09. The van der Waals surface area contributed by atoms with Gasteiger partial charge in [0.15, 0.2) is 5.92 Å². The largest absolute Gasteiger partial charge is 0.460 e. The van der Waals surface area contributed by atoms with Gasteiger partial charge in [0.1, 0.15) is 13.2 Å². The van der Waals surface area contributed by atoms with Gasteiger partial charge in [-0.1, -0.05) is 60.7 Å². The maximum absolute atomic E-state index is 12.1. The number of aliphatic hydroxyl groups is 1. The molecular weight excluding hydrogens is 308 g/mol. The van der Waals surface area contributed by atoms with Crippen molar-refractivity contribution in [2.24, 2.45) is 5.92 Å². The molecule has 2 aromatic rings. The summed E-state index contributed by atoms with van der Waals surface area (Å²) in [6.45, 7) is -0.146. The summed E-state index contributed by atoms with van der Waals surface area (Å²) < 4.78 is 10.3. The Kier molecular flexibility index (Phi) is 6.98. The quantitative estimate of drug-likeness (QED) is 0.595. The first-order chi connectivity index (χ1) is 11.7. The molecule has 0 fully saturated rings. The SMILES string of the molecule is O=C(OCc1ccccc1)C(CCO)C(=O)OCc1ccccc1. The third kappa shape index (κ3) is 5.52. The van der Waals surface area contributed by atoms with Crippen LogP contribution in [0.3, 0.4) is 0 Å². The van der Waals surface area contributed by atoms with Crippen molar-refractivity contribution in [1.82, 2.24) is 0 Å². The summed E-state index contributed by atoms with van der Waals surface area (Å²) in [6.07, 6.45) is -0.0265. The smallest absolute Gasteiger partial charge is 0.320 e. The van der Waals surface area contributed by atoms with Gasteiger partial charge in [0.2, 0.25) is 0 Å². The van der Waals surface area contributed by atoms with Crippen LogP contribution >= 0.6 is 0 Å². The van der Waals surface area contributed by atoms with Gasteiger partial charge in [0.25, 0.3) is 0 Å². The molecule has 24 heavy (non-hydrogen) atoms. The monoisotopic (exact) mass is 328 g/mol. The summed E-state index contributed by atoms with van der Waals surface area (Å²) in [4.78, 5) is 24.3. The predicted molar refractivity (Wildman–Crippen MR) is 87.7 cm³/mol. The molecule has 0 aromatic heterocycles. The van der Waals surface area contributed by atoms with E-state index < -0.39 is 17.9 Å². The second-order valence-corrected chi connectivity index (χ2v) is 5.25. The normalized spacial score (nSPS) is 10.4. The number of hydrogen-bond acceptors (Lipinski definition) is 5. The van der Waals surface area contributed by atoms with Gasteiger partial charge in [0.05, 0.1) is 0 Å². The highest BCUT2D eigenvalue weighted by Crippen LogP contribution is 2.12. The lowest BCUT2D eigenvalue weighted by molar-refractivity contribution is -0.164. The van der Waals surface area contributed by atoms with Crippen LogP contribution in [0.2, 0.25) is 0 Å². The first-order valence-corrected chi connectivity index (χ1v) is 7.72. The van der Waals surface area contributed by atoms with E-state index in [0.717, 1.165) is 11.1 Å². The van der Waals surface area contributed by atoms with Gasteiger partial charge in [-0.25, -0.2) is 0 Å². The van der Waals surface area contributed by atoms with Gasteiger partial charge in [-0.2, -0.15) is 0 Å². The molecule has 5 nitrogen and oxygen atoms in total. The Bertz CT molecular complexity index is 584. The molecule has 0 aliphatic heterocycles. The molecule has 0 aliphatic rings. The molecular formula is C19H20O5. The Morgan fingerprint density at radius 1 is 0.792 bits per heavy atom. The molecule has 1 N–H and O–H groups in total. The van der Waals surface area contributed by atoms with Gasteiger partial charge >= 0.3 is 11.9 Å². The lowest BCUT2D eigenvalue weighted by Crippen LogP contribution is -2.28. The molecule has 0 spiro atoms. The number of ether oxygens (including phenoxy) is 2. The average molecular weight is 328 g/mol. The molecule has 5 heteroatoms. The van der Waals surface area contributed by atoms with Crippen LogP contribution in [0.1, 0.15) is 17.5 Å². The van der Waals surface area contributed by atoms with Gasteiger partial charge in [-0.15, -0.1) is 0 Å². The number of carbonyl (C=O) groups is 2. The highest BCUT2D eigenvalue weighted by molar-refractivity contribution is 5.94. The zero-order chi connectivity index (χ0) is 17.2. The number of rotatable bonds is 8. The Labute approximate surface area is 140 Å². The third-order valence-electron chi connectivity index (χ3n) is 3.43. The topological polar surface area (TPSA) is 72.8 Å². The zero-order valence-electron chi connectivity index (χ0n) is 13.3. The minimum Gasteiger partial charge on any atom is -0.460 e. The van der Waals surface area contributed by atoms with E-state index in [1.807, 2.05) is 60.7 Å². The van der Waals surface area contributed by atoms with Crippen molar-refractivity contribution in [3.8, 4) is 0 Å². The average Bonchev–Trinajstić information content (AvgIpc) is 2.64. The minimum atomic E-state index is -1.12. The Balaban J connectivity index is 1.89. The number of carbonyl (C=O) groups excluding carboxylic acids is 2. The van der Waals surface area contributed by atoms with Crippen molar-refractivity contribution >= 4 is 11.9 Å². The van der Waals surface area contributed by atoms with E-state index in [9.17, 15) is 9.59 Å². The Morgan fingerprint density at radius 3 is 1.58 bits per heavy atom. The minimum absolute atomic E-state index is 0.0265. The van der Waals surface area contributed by atoms with Crippen LogP contribution in [0.5, 0.6) is 0 Å². The van der Waals surface area contributed by atoms with Crippen molar-refractivity contribution < 1.29 is 24.2 Å². The molecule has 0 heterocycles. The van der Waals surface area contributed by atoms with E-state index in [2.05, 4.69) is 0 Å². The van der Waals surface area contributed by atoms with E-state index in [-0.39, 0.29) is 26.2 Å². The van der Waals surface area contributed by atoms with E-state index in [4.69, 9.17) is 14.6 Å². The predicted octanol–water partition coefficient (Wildman–Crippen LogP) is 2.47. The van der Waals surface area contributed by atoms with E-state index in [1.165, 1.54) is 0 Å². The van der Waals surface area contributed by atoms with Crippen molar-refractivity contribution in [1.29, 1.82) is 0 Å². The van der Waals surface area contributed by atoms with E-state index >= 15 is 0 Å². The third-order valence-corrected chi connectivity index (χ3v) is 3.43.